The third-order valence-corrected chi connectivity index (χ3v) is 8.05. The Kier molecular flexibility index (Phi) is 2.62. The van der Waals surface area contributed by atoms with Crippen LogP contribution in [0.1, 0.15) is 30.0 Å². The zero-order valence-electron chi connectivity index (χ0n) is 9.59. The Labute approximate surface area is 90.8 Å². The van der Waals surface area contributed by atoms with Gasteiger partial charge in [-0.05, 0) is 0 Å². The number of pyridine rings is 1. The van der Waals surface area contributed by atoms with Gasteiger partial charge >= 0.3 is 91.0 Å². The molecule has 0 atom stereocenters. The molecule has 1 aromatic heterocycles. The van der Waals surface area contributed by atoms with Gasteiger partial charge in [-0.2, -0.15) is 0 Å². The van der Waals surface area contributed by atoms with Crippen LogP contribution in [-0.4, -0.2) is 23.4 Å². The molecule has 1 aliphatic carbocycles. The molecular formula is C12H19NSn. The summed E-state index contributed by atoms with van der Waals surface area (Å²) in [6, 6.07) is 4.54. The number of aryl methyl sites for hydroxylation is 1. The van der Waals surface area contributed by atoms with E-state index in [1.54, 1.807) is 0 Å². The van der Waals surface area contributed by atoms with Gasteiger partial charge in [0.05, 0.1) is 0 Å². The molecule has 0 unspecified atom stereocenters. The van der Waals surface area contributed by atoms with E-state index in [1.165, 1.54) is 27.8 Å². The van der Waals surface area contributed by atoms with E-state index in [0.717, 1.165) is 5.92 Å². The Morgan fingerprint density at radius 3 is 2.36 bits per heavy atom. The van der Waals surface area contributed by atoms with Crippen LogP contribution in [0.4, 0.5) is 0 Å². The van der Waals surface area contributed by atoms with Crippen LogP contribution in [0, 0.1) is 6.92 Å². The van der Waals surface area contributed by atoms with Gasteiger partial charge in [0.15, 0.2) is 0 Å². The summed E-state index contributed by atoms with van der Waals surface area (Å²) in [4.78, 5) is 12.2. The molecule has 2 rings (SSSR count). The van der Waals surface area contributed by atoms with Gasteiger partial charge in [0.25, 0.3) is 0 Å². The molecule has 0 saturated heterocycles. The monoisotopic (exact) mass is 297 g/mol. The molecule has 0 spiro atoms. The van der Waals surface area contributed by atoms with Crippen LogP contribution in [-0.2, 0) is 0 Å². The third-order valence-electron chi connectivity index (χ3n) is 2.87. The molecule has 14 heavy (non-hydrogen) atoms. The molecule has 0 bridgehead atoms. The van der Waals surface area contributed by atoms with E-state index >= 15 is 0 Å². The Balaban J connectivity index is 2.40. The molecule has 1 heterocycles. The van der Waals surface area contributed by atoms with Crippen LogP contribution in [0.3, 0.4) is 0 Å². The van der Waals surface area contributed by atoms with Crippen molar-refractivity contribution < 1.29 is 0 Å². The summed E-state index contributed by atoms with van der Waals surface area (Å²) in [5, 5.41) is 0. The first-order valence-electron chi connectivity index (χ1n) is 5.46. The average molecular weight is 296 g/mol. The van der Waals surface area contributed by atoms with Crippen LogP contribution in [0.25, 0.3) is 0 Å². The van der Waals surface area contributed by atoms with Crippen molar-refractivity contribution in [3.63, 3.8) is 0 Å². The maximum atomic E-state index is 4.90. The fourth-order valence-electron chi connectivity index (χ4n) is 1.73. The zero-order chi connectivity index (χ0) is 10.3. The SMILES string of the molecule is Cc1cc[c]([Sn]([CH3])([CH3])[CH3])nc1C1CC1. The van der Waals surface area contributed by atoms with E-state index in [2.05, 4.69) is 33.9 Å². The summed E-state index contributed by atoms with van der Waals surface area (Å²) in [6.07, 6.45) is 2.72. The fraction of sp³-hybridized carbons (Fsp3) is 0.583. The Bertz CT molecular complexity index is 348. The standard InChI is InChI=1S/C9H10N.3CH3.Sn/c1-7-3-2-6-10-9(7)8-4-5-8;;;;/h2-3,8H,4-5H2,1H3;3*1H3;. The predicted octanol–water partition coefficient (Wildman–Crippen LogP) is 2.81. The van der Waals surface area contributed by atoms with E-state index in [9.17, 15) is 0 Å². The molecule has 2 heteroatoms. The van der Waals surface area contributed by atoms with Gasteiger partial charge in [-0.3, -0.25) is 0 Å². The van der Waals surface area contributed by atoms with Crippen LogP contribution < -0.4 is 3.71 Å². The summed E-state index contributed by atoms with van der Waals surface area (Å²) < 4.78 is 1.44. The predicted molar refractivity (Wildman–Crippen MR) is 63.9 cm³/mol. The van der Waals surface area contributed by atoms with E-state index < -0.39 is 18.4 Å². The van der Waals surface area contributed by atoms with Crippen molar-refractivity contribution in [2.45, 2.75) is 40.5 Å². The summed E-state index contributed by atoms with van der Waals surface area (Å²) in [7, 11) is 0. The molecule has 0 N–H and O–H groups in total. The number of hydrogen-bond acceptors (Lipinski definition) is 1. The topological polar surface area (TPSA) is 12.9 Å². The zero-order valence-corrected chi connectivity index (χ0v) is 12.4. The molecule has 0 amide bonds. The molecule has 1 saturated carbocycles. The summed E-state index contributed by atoms with van der Waals surface area (Å²) in [6.45, 7) is 2.20. The molecule has 76 valence electrons. The molecular weight excluding hydrogens is 277 g/mol. The van der Waals surface area contributed by atoms with E-state index in [0.29, 0.717) is 0 Å². The number of aromatic nitrogens is 1. The first kappa shape index (κ1) is 10.5. The van der Waals surface area contributed by atoms with Crippen molar-refractivity contribution in [3.8, 4) is 0 Å². The molecule has 1 aliphatic rings. The quantitative estimate of drug-likeness (QED) is 0.765. The van der Waals surface area contributed by atoms with Crippen molar-refractivity contribution in [1.29, 1.82) is 0 Å². The fourth-order valence-corrected chi connectivity index (χ4v) is 4.70. The number of rotatable bonds is 2. The molecule has 1 aromatic rings. The minimum absolute atomic E-state index is 0.795. The van der Waals surface area contributed by atoms with Crippen LogP contribution >= 0.6 is 0 Å². The van der Waals surface area contributed by atoms with Gasteiger partial charge in [0.2, 0.25) is 0 Å². The Morgan fingerprint density at radius 2 is 1.86 bits per heavy atom. The van der Waals surface area contributed by atoms with E-state index in [-0.39, 0.29) is 0 Å². The third kappa shape index (κ3) is 2.13. The van der Waals surface area contributed by atoms with Gasteiger partial charge in [0.1, 0.15) is 0 Å². The summed E-state index contributed by atoms with van der Waals surface area (Å²) >= 11 is -1.93. The van der Waals surface area contributed by atoms with Crippen molar-refractivity contribution >= 4 is 22.1 Å². The average Bonchev–Trinajstić information content (AvgIpc) is 2.85. The molecule has 0 radical (unpaired) electrons. The second kappa shape index (κ2) is 3.51. The van der Waals surface area contributed by atoms with E-state index in [1.807, 2.05) is 0 Å². The van der Waals surface area contributed by atoms with Gasteiger partial charge in [-0.15, -0.1) is 0 Å². The van der Waals surface area contributed by atoms with Crippen molar-refractivity contribution in [2.75, 3.05) is 0 Å². The molecule has 0 aromatic carbocycles. The first-order chi connectivity index (χ1) is 6.48. The van der Waals surface area contributed by atoms with E-state index in [4.69, 9.17) is 4.98 Å². The summed E-state index contributed by atoms with van der Waals surface area (Å²) in [5.41, 5.74) is 2.79. The Hall–Kier alpha value is -0.0513. The summed E-state index contributed by atoms with van der Waals surface area (Å²) in [5.74, 6) is 0.795. The van der Waals surface area contributed by atoms with Crippen LogP contribution in [0.2, 0.25) is 14.8 Å². The maximum absolute atomic E-state index is 4.90. The van der Waals surface area contributed by atoms with Gasteiger partial charge in [0, 0.05) is 0 Å². The first-order valence-corrected chi connectivity index (χ1v) is 15.5. The molecule has 0 aliphatic heterocycles. The second-order valence-electron chi connectivity index (χ2n) is 5.42. The van der Waals surface area contributed by atoms with Gasteiger partial charge < -0.3 is 0 Å². The van der Waals surface area contributed by atoms with Crippen LogP contribution in [0.5, 0.6) is 0 Å². The number of nitrogens with zero attached hydrogens (tertiary/aromatic N) is 1. The molecule has 1 fully saturated rings. The second-order valence-corrected chi connectivity index (χ2v) is 19.7. The Morgan fingerprint density at radius 1 is 1.21 bits per heavy atom. The number of hydrogen-bond donors (Lipinski definition) is 0. The normalized spacial score (nSPS) is 17.1. The molecule has 1 nitrogen and oxygen atoms in total. The van der Waals surface area contributed by atoms with Crippen molar-refractivity contribution in [3.05, 3.63) is 23.4 Å². The minimum atomic E-state index is -1.93. The van der Waals surface area contributed by atoms with Crippen molar-refractivity contribution in [1.82, 2.24) is 4.98 Å². The van der Waals surface area contributed by atoms with Gasteiger partial charge in [-0.1, -0.05) is 0 Å². The van der Waals surface area contributed by atoms with Gasteiger partial charge in [-0.25, -0.2) is 0 Å². The van der Waals surface area contributed by atoms with Crippen molar-refractivity contribution in [2.24, 2.45) is 0 Å². The van der Waals surface area contributed by atoms with Crippen LogP contribution in [0.15, 0.2) is 12.1 Å².